The van der Waals surface area contributed by atoms with Gasteiger partial charge in [-0.2, -0.15) is 13.2 Å². The minimum absolute atomic E-state index is 0.151. The number of H-pyrrole nitrogens is 1. The Bertz CT molecular complexity index is 1290. The quantitative estimate of drug-likeness (QED) is 0.486. The van der Waals surface area contributed by atoms with Crippen molar-refractivity contribution in [2.45, 2.75) is 25.7 Å². The summed E-state index contributed by atoms with van der Waals surface area (Å²) in [5.41, 5.74) is 2.40. The fraction of sp³-hybridized carbons (Fsp3) is 0.190. The van der Waals surface area contributed by atoms with E-state index in [1.165, 1.54) is 16.7 Å². The maximum atomic E-state index is 13.0. The van der Waals surface area contributed by atoms with Crippen LogP contribution in [0.3, 0.4) is 0 Å². The van der Waals surface area contributed by atoms with Gasteiger partial charge in [0.1, 0.15) is 6.54 Å². The molecule has 4 rings (SSSR count). The van der Waals surface area contributed by atoms with Crippen molar-refractivity contribution in [3.8, 4) is 0 Å². The van der Waals surface area contributed by atoms with Crippen LogP contribution in [0.4, 0.5) is 13.2 Å². The number of thiazole rings is 1. The predicted octanol–water partition coefficient (Wildman–Crippen LogP) is 4.02. The van der Waals surface area contributed by atoms with Crippen molar-refractivity contribution in [2.24, 2.45) is 0 Å². The van der Waals surface area contributed by atoms with Crippen LogP contribution in [-0.2, 0) is 17.5 Å². The highest BCUT2D eigenvalue weighted by Crippen LogP contribution is 2.30. The minimum atomic E-state index is -4.59. The van der Waals surface area contributed by atoms with Crippen molar-refractivity contribution in [3.05, 3.63) is 86.2 Å². The van der Waals surface area contributed by atoms with Gasteiger partial charge in [-0.3, -0.25) is 14.2 Å². The molecule has 31 heavy (non-hydrogen) atoms. The van der Waals surface area contributed by atoms with Gasteiger partial charge in [0.15, 0.2) is 0 Å². The molecule has 0 bridgehead atoms. The van der Waals surface area contributed by atoms with Crippen LogP contribution in [0, 0.1) is 6.92 Å². The average molecular weight is 446 g/mol. The molecule has 0 saturated heterocycles. The first-order valence-electron chi connectivity index (χ1n) is 9.28. The first-order valence-corrected chi connectivity index (χ1v) is 10.2. The van der Waals surface area contributed by atoms with Crippen LogP contribution in [0.25, 0.3) is 11.0 Å². The molecule has 4 aromatic rings. The molecule has 2 heterocycles. The molecule has 0 fully saturated rings. The monoisotopic (exact) mass is 446 g/mol. The lowest BCUT2D eigenvalue weighted by Crippen LogP contribution is -2.34. The van der Waals surface area contributed by atoms with Crippen LogP contribution in [0.5, 0.6) is 0 Å². The fourth-order valence-electron chi connectivity index (χ4n) is 3.29. The first-order chi connectivity index (χ1) is 14.7. The highest BCUT2D eigenvalue weighted by atomic mass is 32.1. The molecule has 0 spiro atoms. The maximum absolute atomic E-state index is 13.0. The van der Waals surface area contributed by atoms with E-state index in [9.17, 15) is 22.8 Å². The van der Waals surface area contributed by atoms with Crippen LogP contribution in [0.15, 0.2) is 58.7 Å². The van der Waals surface area contributed by atoms with Gasteiger partial charge < -0.3 is 10.3 Å². The fourth-order valence-corrected chi connectivity index (χ4v) is 4.03. The normalized spacial score (nSPS) is 12.8. The largest absolute Gasteiger partial charge is 0.449 e. The van der Waals surface area contributed by atoms with Crippen molar-refractivity contribution in [1.29, 1.82) is 0 Å². The zero-order valence-corrected chi connectivity index (χ0v) is 17.1. The van der Waals surface area contributed by atoms with Gasteiger partial charge in [0.2, 0.25) is 11.7 Å². The number of aromatic nitrogens is 3. The van der Waals surface area contributed by atoms with E-state index in [1.807, 2.05) is 18.2 Å². The molecular formula is C21H17F3N4O2S. The summed E-state index contributed by atoms with van der Waals surface area (Å²) in [5.74, 6) is -1.47. The number of fused-ring (bicyclic) bond motifs is 1. The average Bonchev–Trinajstić information content (AvgIpc) is 3.31. The number of hydrogen-bond donors (Lipinski definition) is 2. The topological polar surface area (TPSA) is 79.8 Å². The standard InChI is InChI=1S/C21H17F3N4O2S/c1-12-11-31-20(30)28(12)10-17(29)27-18(13-5-3-2-4-6-13)14-7-8-15-16(9-14)26-19(25-15)21(22,23)24/h2-9,11,18H,10H2,1H3,(H,25,26)(H,27,29)/t18-/m0/s1. The molecule has 2 aromatic heterocycles. The smallest absolute Gasteiger partial charge is 0.344 e. The lowest BCUT2D eigenvalue weighted by molar-refractivity contribution is -0.144. The number of carbonyl (C=O) groups is 1. The molecule has 2 N–H and O–H groups in total. The SMILES string of the molecule is Cc1csc(=O)n1CC(=O)N[C@@H](c1ccccc1)c1ccc2nc(C(F)(F)F)[nH]c2c1. The Kier molecular flexibility index (Phi) is 5.40. The summed E-state index contributed by atoms with van der Waals surface area (Å²) in [5, 5.41) is 4.57. The third-order valence-electron chi connectivity index (χ3n) is 4.82. The van der Waals surface area contributed by atoms with E-state index in [4.69, 9.17) is 0 Å². The molecule has 1 amide bonds. The summed E-state index contributed by atoms with van der Waals surface area (Å²) in [4.78, 5) is 30.3. The Morgan fingerprint density at radius 2 is 1.94 bits per heavy atom. The Morgan fingerprint density at radius 1 is 1.19 bits per heavy atom. The molecule has 0 unspecified atom stereocenters. The number of rotatable bonds is 5. The third kappa shape index (κ3) is 4.38. The Labute approximate surface area is 178 Å². The number of benzene rings is 2. The molecule has 2 aromatic carbocycles. The molecule has 160 valence electrons. The van der Waals surface area contributed by atoms with Crippen molar-refractivity contribution in [1.82, 2.24) is 19.9 Å². The van der Waals surface area contributed by atoms with Crippen LogP contribution in [0.2, 0.25) is 0 Å². The maximum Gasteiger partial charge on any atom is 0.449 e. The highest BCUT2D eigenvalue weighted by molar-refractivity contribution is 7.07. The Morgan fingerprint density at radius 3 is 2.58 bits per heavy atom. The number of halogens is 3. The van der Waals surface area contributed by atoms with Crippen LogP contribution in [0.1, 0.15) is 28.7 Å². The second kappa shape index (κ2) is 8.03. The molecule has 0 aliphatic rings. The molecule has 0 aliphatic carbocycles. The number of carbonyl (C=O) groups excluding carboxylic acids is 1. The van der Waals surface area contributed by atoms with Gasteiger partial charge in [-0.1, -0.05) is 47.7 Å². The number of hydrogen-bond acceptors (Lipinski definition) is 4. The second-order valence-corrected chi connectivity index (χ2v) is 7.82. The minimum Gasteiger partial charge on any atom is -0.344 e. The van der Waals surface area contributed by atoms with Crippen molar-refractivity contribution in [3.63, 3.8) is 0 Å². The van der Waals surface area contributed by atoms with E-state index < -0.39 is 23.9 Å². The van der Waals surface area contributed by atoms with Crippen LogP contribution in [-0.4, -0.2) is 20.4 Å². The van der Waals surface area contributed by atoms with Crippen molar-refractivity contribution < 1.29 is 18.0 Å². The number of nitrogens with zero attached hydrogens (tertiary/aromatic N) is 2. The van der Waals surface area contributed by atoms with E-state index in [-0.39, 0.29) is 22.5 Å². The number of alkyl halides is 3. The second-order valence-electron chi connectivity index (χ2n) is 7.00. The van der Waals surface area contributed by atoms with Crippen molar-refractivity contribution >= 4 is 28.3 Å². The van der Waals surface area contributed by atoms with Gasteiger partial charge in [0.05, 0.1) is 17.1 Å². The van der Waals surface area contributed by atoms with Crippen LogP contribution < -0.4 is 10.2 Å². The van der Waals surface area contributed by atoms with E-state index in [0.717, 1.165) is 16.9 Å². The lowest BCUT2D eigenvalue weighted by atomic mass is 9.98. The third-order valence-corrected chi connectivity index (χ3v) is 5.71. The summed E-state index contributed by atoms with van der Waals surface area (Å²) in [6, 6.07) is 13.1. The lowest BCUT2D eigenvalue weighted by Gasteiger charge is -2.20. The Hall–Kier alpha value is -3.40. The summed E-state index contributed by atoms with van der Waals surface area (Å²) in [7, 11) is 0. The molecule has 6 nitrogen and oxygen atoms in total. The number of aryl methyl sites for hydroxylation is 1. The zero-order valence-electron chi connectivity index (χ0n) is 16.2. The van der Waals surface area contributed by atoms with E-state index in [0.29, 0.717) is 11.3 Å². The number of amides is 1. The van der Waals surface area contributed by atoms with E-state index in [1.54, 1.807) is 30.5 Å². The molecular weight excluding hydrogens is 429 g/mol. The number of aromatic amines is 1. The van der Waals surface area contributed by atoms with Gasteiger partial charge in [0, 0.05) is 11.1 Å². The van der Waals surface area contributed by atoms with E-state index in [2.05, 4.69) is 15.3 Å². The number of imidazole rings is 1. The van der Waals surface area contributed by atoms with Gasteiger partial charge in [-0.25, -0.2) is 4.98 Å². The Balaban J connectivity index is 1.68. The number of nitrogens with one attached hydrogen (secondary N) is 2. The van der Waals surface area contributed by atoms with Gasteiger partial charge in [-0.05, 0) is 30.2 Å². The molecule has 0 saturated carbocycles. The zero-order chi connectivity index (χ0) is 22.2. The first kappa shape index (κ1) is 20.9. The summed E-state index contributed by atoms with van der Waals surface area (Å²) in [6.07, 6.45) is -4.59. The van der Waals surface area contributed by atoms with Crippen LogP contribution >= 0.6 is 11.3 Å². The highest BCUT2D eigenvalue weighted by Gasteiger charge is 2.34. The summed E-state index contributed by atoms with van der Waals surface area (Å²) < 4.78 is 40.3. The molecule has 0 aliphatic heterocycles. The molecule has 10 heteroatoms. The predicted molar refractivity (Wildman–Crippen MR) is 111 cm³/mol. The van der Waals surface area contributed by atoms with Gasteiger partial charge in [-0.15, -0.1) is 0 Å². The van der Waals surface area contributed by atoms with Crippen molar-refractivity contribution in [2.75, 3.05) is 0 Å². The molecule has 1 atom stereocenters. The van der Waals surface area contributed by atoms with E-state index >= 15 is 0 Å². The summed E-state index contributed by atoms with van der Waals surface area (Å²) >= 11 is 1.01. The van der Waals surface area contributed by atoms with Gasteiger partial charge >= 0.3 is 11.0 Å². The molecule has 0 radical (unpaired) electrons. The van der Waals surface area contributed by atoms with Gasteiger partial charge in [0.25, 0.3) is 0 Å². The summed E-state index contributed by atoms with van der Waals surface area (Å²) in [6.45, 7) is 1.59.